The third-order valence-electron chi connectivity index (χ3n) is 2.45. The van der Waals surface area contributed by atoms with Gasteiger partial charge in [-0.15, -0.1) is 0 Å². The maximum Gasteiger partial charge on any atom is 0.0419 e. The molecule has 1 aromatic rings. The molecule has 0 amide bonds. The Bertz CT molecular complexity index is 272. The van der Waals surface area contributed by atoms with Crippen molar-refractivity contribution in [3.63, 3.8) is 0 Å². The van der Waals surface area contributed by atoms with Crippen molar-refractivity contribution in [1.82, 2.24) is 15.2 Å². The molecule has 3 heteroatoms. The molecule has 1 rings (SSSR count). The topological polar surface area (TPSA) is 28.2 Å². The van der Waals surface area contributed by atoms with Crippen molar-refractivity contribution in [3.8, 4) is 0 Å². The first-order chi connectivity index (χ1) is 7.72. The number of nitrogens with zero attached hydrogens (tertiary/aromatic N) is 2. The van der Waals surface area contributed by atoms with E-state index in [1.54, 1.807) is 0 Å². The van der Waals surface area contributed by atoms with Gasteiger partial charge in [0, 0.05) is 30.9 Å². The quantitative estimate of drug-likeness (QED) is 0.757. The Balaban J connectivity index is 2.49. The highest BCUT2D eigenvalue weighted by atomic mass is 15.1. The number of aromatic nitrogens is 1. The van der Waals surface area contributed by atoms with E-state index in [2.05, 4.69) is 48.4 Å². The van der Waals surface area contributed by atoms with E-state index < -0.39 is 0 Å². The van der Waals surface area contributed by atoms with Crippen molar-refractivity contribution < 1.29 is 0 Å². The smallest absolute Gasteiger partial charge is 0.0419 e. The first-order valence-electron chi connectivity index (χ1n) is 6.00. The lowest BCUT2D eigenvalue weighted by molar-refractivity contribution is 0.335. The van der Waals surface area contributed by atoms with Crippen LogP contribution >= 0.6 is 0 Å². The largest absolute Gasteiger partial charge is 0.312 e. The second-order valence-corrected chi connectivity index (χ2v) is 4.44. The van der Waals surface area contributed by atoms with E-state index in [9.17, 15) is 0 Å². The van der Waals surface area contributed by atoms with E-state index in [1.807, 2.05) is 12.3 Å². The Morgan fingerprint density at radius 1 is 1.38 bits per heavy atom. The van der Waals surface area contributed by atoms with Gasteiger partial charge in [0.25, 0.3) is 0 Å². The monoisotopic (exact) mass is 221 g/mol. The molecule has 0 saturated carbocycles. The first-order valence-corrected chi connectivity index (χ1v) is 6.00. The molecule has 90 valence electrons. The summed E-state index contributed by atoms with van der Waals surface area (Å²) in [7, 11) is 4.22. The average molecular weight is 221 g/mol. The molecule has 0 aromatic carbocycles. The van der Waals surface area contributed by atoms with Crippen LogP contribution in [0, 0.1) is 0 Å². The molecule has 0 bridgehead atoms. The normalized spacial score (nSPS) is 13.0. The summed E-state index contributed by atoms with van der Waals surface area (Å²) in [6.45, 7) is 4.32. The standard InChI is InChI=1S/C13H23N3/c1-4-8-14-13(11-16(2)3)10-12-7-5-6-9-15-12/h5-7,9,13-14H,4,8,10-11H2,1-3H3. The van der Waals surface area contributed by atoms with E-state index in [-0.39, 0.29) is 0 Å². The lowest BCUT2D eigenvalue weighted by Gasteiger charge is -2.22. The number of nitrogens with one attached hydrogen (secondary N) is 1. The molecule has 0 aliphatic carbocycles. The van der Waals surface area contributed by atoms with Crippen molar-refractivity contribution in [1.29, 1.82) is 0 Å². The Hall–Kier alpha value is -0.930. The van der Waals surface area contributed by atoms with Crippen LogP contribution < -0.4 is 5.32 Å². The van der Waals surface area contributed by atoms with E-state index in [1.165, 1.54) is 6.42 Å². The summed E-state index contributed by atoms with van der Waals surface area (Å²) in [6, 6.07) is 6.60. The molecular weight excluding hydrogens is 198 g/mol. The van der Waals surface area contributed by atoms with Crippen LogP contribution in [-0.4, -0.2) is 43.1 Å². The number of hydrogen-bond donors (Lipinski definition) is 1. The summed E-state index contributed by atoms with van der Waals surface area (Å²) in [4.78, 5) is 6.59. The second-order valence-electron chi connectivity index (χ2n) is 4.44. The summed E-state index contributed by atoms with van der Waals surface area (Å²) >= 11 is 0. The molecule has 0 aliphatic heterocycles. The molecule has 0 radical (unpaired) electrons. The molecule has 3 nitrogen and oxygen atoms in total. The van der Waals surface area contributed by atoms with E-state index in [0.717, 1.165) is 25.2 Å². The van der Waals surface area contributed by atoms with Gasteiger partial charge in [-0.05, 0) is 39.2 Å². The lowest BCUT2D eigenvalue weighted by atomic mass is 10.1. The molecule has 0 aliphatic rings. The third-order valence-corrected chi connectivity index (χ3v) is 2.45. The molecule has 1 unspecified atom stereocenters. The van der Waals surface area contributed by atoms with Crippen molar-refractivity contribution >= 4 is 0 Å². The third kappa shape index (κ3) is 5.24. The Kier molecular flexibility index (Phi) is 6.04. The zero-order chi connectivity index (χ0) is 11.8. The minimum atomic E-state index is 0.491. The van der Waals surface area contributed by atoms with Crippen molar-refractivity contribution in [2.75, 3.05) is 27.2 Å². The van der Waals surface area contributed by atoms with E-state index >= 15 is 0 Å². The fourth-order valence-electron chi connectivity index (χ4n) is 1.76. The van der Waals surface area contributed by atoms with Gasteiger partial charge < -0.3 is 10.2 Å². The highest BCUT2D eigenvalue weighted by Gasteiger charge is 2.10. The molecule has 1 heterocycles. The molecule has 0 spiro atoms. The van der Waals surface area contributed by atoms with Crippen LogP contribution in [0.2, 0.25) is 0 Å². The van der Waals surface area contributed by atoms with Crippen LogP contribution in [0.25, 0.3) is 0 Å². The van der Waals surface area contributed by atoms with E-state index in [0.29, 0.717) is 6.04 Å². The maximum atomic E-state index is 4.38. The predicted molar refractivity (Wildman–Crippen MR) is 68.6 cm³/mol. The minimum Gasteiger partial charge on any atom is -0.312 e. The number of likely N-dealkylation sites (N-methyl/N-ethyl adjacent to an activating group) is 1. The van der Waals surface area contributed by atoms with Gasteiger partial charge in [-0.2, -0.15) is 0 Å². The number of hydrogen-bond acceptors (Lipinski definition) is 3. The summed E-state index contributed by atoms with van der Waals surface area (Å²) in [5, 5.41) is 3.57. The van der Waals surface area contributed by atoms with Gasteiger partial charge in [-0.3, -0.25) is 4.98 Å². The Labute approximate surface area is 98.9 Å². The van der Waals surface area contributed by atoms with Crippen LogP contribution in [-0.2, 0) is 6.42 Å². The summed E-state index contributed by atoms with van der Waals surface area (Å²) in [5.41, 5.74) is 1.16. The first kappa shape index (κ1) is 13.1. The van der Waals surface area contributed by atoms with Crippen LogP contribution in [0.1, 0.15) is 19.0 Å². The molecule has 0 saturated heterocycles. The number of rotatable bonds is 7. The SMILES string of the molecule is CCCNC(Cc1ccccn1)CN(C)C. The van der Waals surface area contributed by atoms with Gasteiger partial charge in [0.15, 0.2) is 0 Å². The Morgan fingerprint density at radius 3 is 2.75 bits per heavy atom. The van der Waals surface area contributed by atoms with Crippen molar-refractivity contribution in [2.45, 2.75) is 25.8 Å². The summed E-state index contributed by atoms with van der Waals surface area (Å²) in [5.74, 6) is 0. The van der Waals surface area contributed by atoms with Crippen molar-refractivity contribution in [2.24, 2.45) is 0 Å². The second kappa shape index (κ2) is 7.36. The molecule has 1 N–H and O–H groups in total. The molecule has 1 aromatic heterocycles. The fraction of sp³-hybridized carbons (Fsp3) is 0.615. The average Bonchev–Trinajstić information content (AvgIpc) is 2.26. The van der Waals surface area contributed by atoms with Crippen molar-refractivity contribution in [3.05, 3.63) is 30.1 Å². The van der Waals surface area contributed by atoms with Gasteiger partial charge in [0.1, 0.15) is 0 Å². The zero-order valence-electron chi connectivity index (χ0n) is 10.6. The van der Waals surface area contributed by atoms with Gasteiger partial charge in [0.05, 0.1) is 0 Å². The highest BCUT2D eigenvalue weighted by Crippen LogP contribution is 2.00. The summed E-state index contributed by atoms with van der Waals surface area (Å²) < 4.78 is 0. The maximum absolute atomic E-state index is 4.38. The van der Waals surface area contributed by atoms with E-state index in [4.69, 9.17) is 0 Å². The zero-order valence-corrected chi connectivity index (χ0v) is 10.6. The highest BCUT2D eigenvalue weighted by molar-refractivity contribution is 5.05. The molecule has 0 fully saturated rings. The Morgan fingerprint density at radius 2 is 2.19 bits per heavy atom. The predicted octanol–water partition coefficient (Wildman–Crippen LogP) is 1.55. The molecule has 1 atom stereocenters. The van der Waals surface area contributed by atoms with Crippen LogP contribution in [0.4, 0.5) is 0 Å². The van der Waals surface area contributed by atoms with Crippen LogP contribution in [0.3, 0.4) is 0 Å². The summed E-state index contributed by atoms with van der Waals surface area (Å²) in [6.07, 6.45) is 4.03. The fourth-order valence-corrected chi connectivity index (χ4v) is 1.76. The van der Waals surface area contributed by atoms with Gasteiger partial charge in [-0.1, -0.05) is 13.0 Å². The number of pyridine rings is 1. The van der Waals surface area contributed by atoms with Gasteiger partial charge in [0.2, 0.25) is 0 Å². The molecular formula is C13H23N3. The van der Waals surface area contributed by atoms with Crippen LogP contribution in [0.15, 0.2) is 24.4 Å². The lowest BCUT2D eigenvalue weighted by Crippen LogP contribution is -2.40. The van der Waals surface area contributed by atoms with Gasteiger partial charge >= 0.3 is 0 Å². The van der Waals surface area contributed by atoms with Crippen LogP contribution in [0.5, 0.6) is 0 Å². The minimum absolute atomic E-state index is 0.491. The molecule has 16 heavy (non-hydrogen) atoms. The van der Waals surface area contributed by atoms with Gasteiger partial charge in [-0.25, -0.2) is 0 Å².